The fourth-order valence-corrected chi connectivity index (χ4v) is 2.76. The summed E-state index contributed by atoms with van der Waals surface area (Å²) in [6.45, 7) is 7.85. The average Bonchev–Trinajstić information content (AvgIpc) is 2.54. The highest BCUT2D eigenvalue weighted by Crippen LogP contribution is 2.39. The maximum absolute atomic E-state index is 12.4. The summed E-state index contributed by atoms with van der Waals surface area (Å²) in [7, 11) is 0. The van der Waals surface area contributed by atoms with E-state index in [0.29, 0.717) is 17.3 Å². The minimum Gasteiger partial charge on any atom is -0.463 e. The second-order valence-corrected chi connectivity index (χ2v) is 5.94. The first-order valence-corrected chi connectivity index (χ1v) is 7.96. The number of hydrogen-bond donors (Lipinski definition) is 1. The summed E-state index contributed by atoms with van der Waals surface area (Å²) in [5.74, 6) is -0.285. The molecule has 5 nitrogen and oxygen atoms in total. The summed E-state index contributed by atoms with van der Waals surface area (Å²) in [6.07, 6.45) is 0. The maximum Gasteiger partial charge on any atom is 0.338 e. The molecule has 1 heterocycles. The van der Waals surface area contributed by atoms with Crippen LogP contribution in [0.4, 0.5) is 0 Å². The van der Waals surface area contributed by atoms with Crippen molar-refractivity contribution in [2.45, 2.75) is 39.5 Å². The molecular formula is C19H22N2O3. The fourth-order valence-electron chi connectivity index (χ4n) is 2.76. The number of nitriles is 1. The Morgan fingerprint density at radius 2 is 2.00 bits per heavy atom. The molecule has 0 bridgehead atoms. The van der Waals surface area contributed by atoms with Crippen molar-refractivity contribution in [3.05, 3.63) is 58.2 Å². The molecule has 0 amide bonds. The van der Waals surface area contributed by atoms with Crippen molar-refractivity contribution >= 4 is 5.97 Å². The zero-order valence-corrected chi connectivity index (χ0v) is 14.4. The molecule has 0 radical (unpaired) electrons. The van der Waals surface area contributed by atoms with Gasteiger partial charge in [0.15, 0.2) is 0 Å². The highest BCUT2D eigenvalue weighted by Gasteiger charge is 2.36. The second-order valence-electron chi connectivity index (χ2n) is 5.94. The molecule has 0 saturated heterocycles. The molecule has 1 atom stereocenters. The van der Waals surface area contributed by atoms with Crippen LogP contribution in [0, 0.1) is 11.3 Å². The molecular weight excluding hydrogens is 304 g/mol. The average molecular weight is 326 g/mol. The van der Waals surface area contributed by atoms with Gasteiger partial charge in [-0.1, -0.05) is 38.1 Å². The summed E-state index contributed by atoms with van der Waals surface area (Å²) in [6, 6.07) is 9.91. The topological polar surface area (TPSA) is 85.3 Å². The predicted octanol–water partition coefficient (Wildman–Crippen LogP) is 3.45. The fraction of sp³-hybridized carbons (Fsp3) is 0.368. The van der Waals surface area contributed by atoms with Crippen LogP contribution in [0.5, 0.6) is 0 Å². The number of carbonyl (C=O) groups is 1. The zero-order valence-electron chi connectivity index (χ0n) is 14.4. The Morgan fingerprint density at radius 1 is 1.38 bits per heavy atom. The molecule has 5 heteroatoms. The third-order valence-corrected chi connectivity index (χ3v) is 4.04. The van der Waals surface area contributed by atoms with Crippen LogP contribution in [0.3, 0.4) is 0 Å². The van der Waals surface area contributed by atoms with Crippen LogP contribution in [0.2, 0.25) is 0 Å². The van der Waals surface area contributed by atoms with Crippen molar-refractivity contribution in [1.29, 1.82) is 5.26 Å². The second kappa shape index (κ2) is 7.22. The lowest BCUT2D eigenvalue weighted by atomic mass is 9.82. The summed E-state index contributed by atoms with van der Waals surface area (Å²) in [5.41, 5.74) is 8.40. The van der Waals surface area contributed by atoms with Crippen LogP contribution in [-0.4, -0.2) is 12.6 Å². The van der Waals surface area contributed by atoms with E-state index in [0.717, 1.165) is 5.56 Å². The summed E-state index contributed by atoms with van der Waals surface area (Å²) < 4.78 is 10.5. The summed E-state index contributed by atoms with van der Waals surface area (Å²) in [5, 5.41) is 9.51. The molecule has 1 aliphatic rings. The quantitative estimate of drug-likeness (QED) is 0.856. The molecule has 0 aliphatic carbocycles. The predicted molar refractivity (Wildman–Crippen MR) is 90.5 cm³/mol. The van der Waals surface area contributed by atoms with Gasteiger partial charge in [-0.25, -0.2) is 4.79 Å². The van der Waals surface area contributed by atoms with Gasteiger partial charge in [0.1, 0.15) is 17.4 Å². The van der Waals surface area contributed by atoms with E-state index in [1.54, 1.807) is 13.8 Å². The smallest absolute Gasteiger partial charge is 0.338 e. The van der Waals surface area contributed by atoms with Crippen LogP contribution in [0.25, 0.3) is 0 Å². The van der Waals surface area contributed by atoms with Gasteiger partial charge in [0.25, 0.3) is 0 Å². The molecule has 2 N–H and O–H groups in total. The first-order chi connectivity index (χ1) is 11.4. The largest absolute Gasteiger partial charge is 0.463 e. The van der Waals surface area contributed by atoms with Gasteiger partial charge in [0.2, 0.25) is 5.88 Å². The van der Waals surface area contributed by atoms with Crippen LogP contribution in [0.15, 0.2) is 47.1 Å². The molecule has 0 fully saturated rings. The Labute approximate surface area is 142 Å². The summed E-state index contributed by atoms with van der Waals surface area (Å²) in [4.78, 5) is 12.4. The van der Waals surface area contributed by atoms with Gasteiger partial charge in [0.05, 0.1) is 18.1 Å². The number of rotatable bonds is 4. The van der Waals surface area contributed by atoms with Crippen molar-refractivity contribution < 1.29 is 14.3 Å². The number of ether oxygens (including phenoxy) is 2. The van der Waals surface area contributed by atoms with Crippen LogP contribution in [-0.2, 0) is 14.3 Å². The number of allylic oxidation sites excluding steroid dienone is 2. The maximum atomic E-state index is 12.4. The van der Waals surface area contributed by atoms with Crippen molar-refractivity contribution in [3.63, 3.8) is 0 Å². The molecule has 0 aromatic heterocycles. The van der Waals surface area contributed by atoms with E-state index < -0.39 is 11.9 Å². The lowest BCUT2D eigenvalue weighted by Gasteiger charge is -2.27. The molecule has 1 aliphatic heterocycles. The van der Waals surface area contributed by atoms with Crippen LogP contribution in [0.1, 0.15) is 50.7 Å². The van der Waals surface area contributed by atoms with Crippen molar-refractivity contribution in [2.24, 2.45) is 5.73 Å². The number of nitrogens with zero attached hydrogens (tertiary/aromatic N) is 1. The summed E-state index contributed by atoms with van der Waals surface area (Å²) >= 11 is 0. The van der Waals surface area contributed by atoms with E-state index in [-0.39, 0.29) is 18.1 Å². The van der Waals surface area contributed by atoms with Crippen molar-refractivity contribution in [1.82, 2.24) is 0 Å². The Bertz CT molecular complexity index is 737. The highest BCUT2D eigenvalue weighted by atomic mass is 16.5. The van der Waals surface area contributed by atoms with Gasteiger partial charge in [-0.2, -0.15) is 5.26 Å². The first-order valence-electron chi connectivity index (χ1n) is 7.96. The third kappa shape index (κ3) is 3.28. The number of carbonyl (C=O) groups excluding carboxylic acids is 1. The lowest BCUT2D eigenvalue weighted by Crippen LogP contribution is -2.25. The number of nitrogens with two attached hydrogens (primary N) is 1. The minimum atomic E-state index is -0.580. The molecule has 126 valence electrons. The van der Waals surface area contributed by atoms with Crippen LogP contribution < -0.4 is 5.73 Å². The van der Waals surface area contributed by atoms with E-state index in [1.807, 2.05) is 24.3 Å². The SMILES string of the molecule is CCOC(=O)C1=C(C)OC(N)=C(C#N)C1c1ccc(C(C)C)cc1. The monoisotopic (exact) mass is 326 g/mol. The van der Waals surface area contributed by atoms with Gasteiger partial charge >= 0.3 is 5.97 Å². The van der Waals surface area contributed by atoms with Crippen molar-refractivity contribution in [3.8, 4) is 6.07 Å². The number of esters is 1. The Kier molecular flexibility index (Phi) is 5.30. The molecule has 0 saturated carbocycles. The van der Waals surface area contributed by atoms with Gasteiger partial charge < -0.3 is 15.2 Å². The first kappa shape index (κ1) is 17.6. The van der Waals surface area contributed by atoms with E-state index in [1.165, 1.54) is 5.56 Å². The van der Waals surface area contributed by atoms with Gasteiger partial charge in [0, 0.05) is 0 Å². The van der Waals surface area contributed by atoms with E-state index in [4.69, 9.17) is 15.2 Å². The molecule has 0 spiro atoms. The zero-order chi connectivity index (χ0) is 17.9. The van der Waals surface area contributed by atoms with E-state index >= 15 is 0 Å². The minimum absolute atomic E-state index is 0.0287. The van der Waals surface area contributed by atoms with E-state index in [9.17, 15) is 10.1 Å². The Hall–Kier alpha value is -2.74. The Balaban J connectivity index is 2.55. The standard InChI is InChI=1S/C19H22N2O3/c1-5-23-19(22)16-12(4)24-18(21)15(10-20)17(16)14-8-6-13(7-9-14)11(2)3/h6-9,11,17H,5,21H2,1-4H3. The van der Waals surface area contributed by atoms with Gasteiger partial charge in [-0.05, 0) is 30.9 Å². The van der Waals surface area contributed by atoms with Gasteiger partial charge in [-0.15, -0.1) is 0 Å². The molecule has 2 rings (SSSR count). The van der Waals surface area contributed by atoms with E-state index in [2.05, 4.69) is 19.9 Å². The molecule has 1 unspecified atom stereocenters. The van der Waals surface area contributed by atoms with Crippen LogP contribution >= 0.6 is 0 Å². The third-order valence-electron chi connectivity index (χ3n) is 4.04. The normalized spacial score (nSPS) is 17.6. The molecule has 1 aromatic carbocycles. The Morgan fingerprint density at radius 3 is 2.50 bits per heavy atom. The number of hydrogen-bond acceptors (Lipinski definition) is 5. The van der Waals surface area contributed by atoms with Gasteiger partial charge in [-0.3, -0.25) is 0 Å². The number of benzene rings is 1. The molecule has 24 heavy (non-hydrogen) atoms. The van der Waals surface area contributed by atoms with Crippen molar-refractivity contribution in [2.75, 3.05) is 6.61 Å². The highest BCUT2D eigenvalue weighted by molar-refractivity contribution is 5.92. The lowest BCUT2D eigenvalue weighted by molar-refractivity contribution is -0.139. The molecule has 1 aromatic rings.